The van der Waals surface area contributed by atoms with Crippen molar-refractivity contribution in [2.24, 2.45) is 0 Å². The lowest BCUT2D eigenvalue weighted by Crippen LogP contribution is -2.25. The predicted octanol–water partition coefficient (Wildman–Crippen LogP) is 5.29. The third-order valence-corrected chi connectivity index (χ3v) is 3.63. The first-order valence-corrected chi connectivity index (χ1v) is 7.75. The standard InChI is InChI=1S/C16H14Cl3NO3/c1-20(2)16(21)23-14-5-3-11(17)7-10(14)9-22-15-6-4-12(18)8-13(15)19/h3-8H,9H2,1-2H3. The normalized spacial score (nSPS) is 10.3. The van der Waals surface area contributed by atoms with Crippen LogP contribution in [0.3, 0.4) is 0 Å². The molecular formula is C16H14Cl3NO3. The summed E-state index contributed by atoms with van der Waals surface area (Å²) in [5.74, 6) is 0.846. The second-order valence-corrected chi connectivity index (χ2v) is 6.16. The maximum absolute atomic E-state index is 11.7. The van der Waals surface area contributed by atoms with Crippen LogP contribution >= 0.6 is 34.8 Å². The molecule has 23 heavy (non-hydrogen) atoms. The van der Waals surface area contributed by atoms with E-state index in [1.54, 1.807) is 50.5 Å². The molecule has 4 nitrogen and oxygen atoms in total. The number of halogens is 3. The van der Waals surface area contributed by atoms with Crippen molar-refractivity contribution in [1.82, 2.24) is 4.90 Å². The fourth-order valence-electron chi connectivity index (χ4n) is 1.69. The number of amides is 1. The predicted molar refractivity (Wildman–Crippen MR) is 92.0 cm³/mol. The Labute approximate surface area is 149 Å². The number of hydrogen-bond donors (Lipinski definition) is 0. The fraction of sp³-hybridized carbons (Fsp3) is 0.188. The Kier molecular flexibility index (Phi) is 5.99. The molecule has 0 heterocycles. The summed E-state index contributed by atoms with van der Waals surface area (Å²) in [6, 6.07) is 9.85. The average molecular weight is 375 g/mol. The van der Waals surface area contributed by atoms with Crippen LogP contribution in [-0.2, 0) is 6.61 Å². The molecule has 2 aromatic carbocycles. The summed E-state index contributed by atoms with van der Waals surface area (Å²) in [4.78, 5) is 13.0. The van der Waals surface area contributed by atoms with Gasteiger partial charge in [0, 0.05) is 29.7 Å². The Balaban J connectivity index is 2.18. The van der Waals surface area contributed by atoms with E-state index in [1.165, 1.54) is 4.90 Å². The number of rotatable bonds is 4. The van der Waals surface area contributed by atoms with Crippen LogP contribution in [0.2, 0.25) is 15.1 Å². The van der Waals surface area contributed by atoms with Gasteiger partial charge in [0.15, 0.2) is 0 Å². The molecule has 0 aliphatic rings. The van der Waals surface area contributed by atoms with Crippen molar-refractivity contribution < 1.29 is 14.3 Å². The van der Waals surface area contributed by atoms with Crippen molar-refractivity contribution in [3.63, 3.8) is 0 Å². The number of benzene rings is 2. The van der Waals surface area contributed by atoms with Crippen LogP contribution in [0.15, 0.2) is 36.4 Å². The van der Waals surface area contributed by atoms with E-state index in [4.69, 9.17) is 44.3 Å². The Hall–Kier alpha value is -1.62. The highest BCUT2D eigenvalue weighted by molar-refractivity contribution is 6.35. The van der Waals surface area contributed by atoms with E-state index in [0.717, 1.165) is 0 Å². The Morgan fingerprint density at radius 3 is 2.22 bits per heavy atom. The molecule has 0 saturated carbocycles. The maximum atomic E-state index is 11.7. The first kappa shape index (κ1) is 17.7. The second-order valence-electron chi connectivity index (χ2n) is 4.88. The molecular weight excluding hydrogens is 361 g/mol. The number of hydrogen-bond acceptors (Lipinski definition) is 3. The molecule has 7 heteroatoms. The highest BCUT2D eigenvalue weighted by Gasteiger charge is 2.13. The molecule has 0 atom stereocenters. The van der Waals surface area contributed by atoms with E-state index in [-0.39, 0.29) is 6.61 Å². The van der Waals surface area contributed by atoms with E-state index in [0.29, 0.717) is 32.1 Å². The molecule has 0 saturated heterocycles. The number of ether oxygens (including phenoxy) is 2. The minimum atomic E-state index is -0.488. The summed E-state index contributed by atoms with van der Waals surface area (Å²) < 4.78 is 11.0. The van der Waals surface area contributed by atoms with Gasteiger partial charge in [-0.1, -0.05) is 34.8 Å². The van der Waals surface area contributed by atoms with Crippen molar-refractivity contribution in [2.45, 2.75) is 6.61 Å². The van der Waals surface area contributed by atoms with Crippen LogP contribution in [-0.4, -0.2) is 25.1 Å². The Bertz CT molecular complexity index is 720. The van der Waals surface area contributed by atoms with Gasteiger partial charge in [0.05, 0.1) is 5.02 Å². The van der Waals surface area contributed by atoms with Crippen LogP contribution in [0.5, 0.6) is 11.5 Å². The molecule has 0 fully saturated rings. The van der Waals surface area contributed by atoms with E-state index >= 15 is 0 Å². The van der Waals surface area contributed by atoms with Crippen LogP contribution in [0.25, 0.3) is 0 Å². The number of carbonyl (C=O) groups is 1. The van der Waals surface area contributed by atoms with Crippen LogP contribution in [0.1, 0.15) is 5.56 Å². The van der Waals surface area contributed by atoms with Crippen molar-refractivity contribution in [3.05, 3.63) is 57.0 Å². The topological polar surface area (TPSA) is 38.8 Å². The largest absolute Gasteiger partial charge is 0.487 e. The zero-order valence-electron chi connectivity index (χ0n) is 12.5. The fourth-order valence-corrected chi connectivity index (χ4v) is 2.35. The van der Waals surface area contributed by atoms with Gasteiger partial charge in [-0.25, -0.2) is 4.79 Å². The zero-order valence-corrected chi connectivity index (χ0v) is 14.7. The third-order valence-electron chi connectivity index (χ3n) is 2.86. The molecule has 1 amide bonds. The summed E-state index contributed by atoms with van der Waals surface area (Å²) >= 11 is 17.9. The van der Waals surface area contributed by atoms with Crippen LogP contribution < -0.4 is 9.47 Å². The summed E-state index contributed by atoms with van der Waals surface area (Å²) in [5.41, 5.74) is 0.624. The van der Waals surface area contributed by atoms with Gasteiger partial charge in [-0.3, -0.25) is 0 Å². The molecule has 0 spiro atoms. The third kappa shape index (κ3) is 4.93. The molecule has 0 aromatic heterocycles. The Morgan fingerprint density at radius 1 is 1.00 bits per heavy atom. The minimum Gasteiger partial charge on any atom is -0.487 e. The van der Waals surface area contributed by atoms with Gasteiger partial charge in [-0.05, 0) is 36.4 Å². The molecule has 0 aliphatic carbocycles. The van der Waals surface area contributed by atoms with E-state index in [1.807, 2.05) is 0 Å². The summed E-state index contributed by atoms with van der Waals surface area (Å²) in [5, 5.41) is 1.42. The first-order valence-electron chi connectivity index (χ1n) is 6.62. The van der Waals surface area contributed by atoms with E-state index < -0.39 is 6.09 Å². The van der Waals surface area contributed by atoms with Crippen LogP contribution in [0, 0.1) is 0 Å². The SMILES string of the molecule is CN(C)C(=O)Oc1ccc(Cl)cc1COc1ccc(Cl)cc1Cl. The molecule has 2 aromatic rings. The van der Waals surface area contributed by atoms with Crippen molar-refractivity contribution in [2.75, 3.05) is 14.1 Å². The molecule has 0 N–H and O–H groups in total. The quantitative estimate of drug-likeness (QED) is 0.730. The number of nitrogens with zero attached hydrogens (tertiary/aromatic N) is 1. The highest BCUT2D eigenvalue weighted by Crippen LogP contribution is 2.30. The lowest BCUT2D eigenvalue weighted by atomic mass is 10.2. The molecule has 2 rings (SSSR count). The second kappa shape index (κ2) is 7.77. The van der Waals surface area contributed by atoms with Gasteiger partial charge >= 0.3 is 6.09 Å². The summed E-state index contributed by atoms with van der Waals surface area (Å²) in [6.45, 7) is 0.137. The van der Waals surface area contributed by atoms with Crippen molar-refractivity contribution in [1.29, 1.82) is 0 Å². The minimum absolute atomic E-state index is 0.137. The molecule has 0 radical (unpaired) electrons. The molecule has 0 aliphatic heterocycles. The van der Waals surface area contributed by atoms with Crippen LogP contribution in [0.4, 0.5) is 4.79 Å². The number of carbonyl (C=O) groups excluding carboxylic acids is 1. The van der Waals surface area contributed by atoms with Gasteiger partial charge in [0.2, 0.25) is 0 Å². The van der Waals surface area contributed by atoms with Gasteiger partial charge in [-0.2, -0.15) is 0 Å². The van der Waals surface area contributed by atoms with Crippen molar-refractivity contribution in [3.8, 4) is 11.5 Å². The van der Waals surface area contributed by atoms with E-state index in [2.05, 4.69) is 0 Å². The Morgan fingerprint density at radius 2 is 1.61 bits per heavy atom. The maximum Gasteiger partial charge on any atom is 0.414 e. The average Bonchev–Trinajstić information content (AvgIpc) is 2.48. The summed E-state index contributed by atoms with van der Waals surface area (Å²) in [6.07, 6.45) is -0.488. The summed E-state index contributed by atoms with van der Waals surface area (Å²) in [7, 11) is 3.20. The smallest absolute Gasteiger partial charge is 0.414 e. The zero-order chi connectivity index (χ0) is 17.0. The first-order chi connectivity index (χ1) is 10.9. The molecule has 122 valence electrons. The van der Waals surface area contributed by atoms with Gasteiger partial charge in [0.25, 0.3) is 0 Å². The van der Waals surface area contributed by atoms with Gasteiger partial charge < -0.3 is 14.4 Å². The van der Waals surface area contributed by atoms with Gasteiger partial charge in [-0.15, -0.1) is 0 Å². The molecule has 0 unspecified atom stereocenters. The monoisotopic (exact) mass is 373 g/mol. The van der Waals surface area contributed by atoms with Crippen molar-refractivity contribution >= 4 is 40.9 Å². The van der Waals surface area contributed by atoms with E-state index in [9.17, 15) is 4.79 Å². The molecule has 0 bridgehead atoms. The van der Waals surface area contributed by atoms with Gasteiger partial charge in [0.1, 0.15) is 18.1 Å². The lowest BCUT2D eigenvalue weighted by Gasteiger charge is -2.15. The lowest BCUT2D eigenvalue weighted by molar-refractivity contribution is 0.170. The highest BCUT2D eigenvalue weighted by atomic mass is 35.5.